The van der Waals surface area contributed by atoms with Crippen LogP contribution < -0.4 is 0 Å². The Morgan fingerprint density at radius 3 is 2.15 bits per heavy atom. The number of benzene rings is 2. The standard InChI is InChI=1S/C27H28Cl2N4/c1-31-14-2-15-32(18-17-31)16-13-25-27(21-5-10-24(29)11-6-21)30-26-12-7-22(19-33(25)26)20-3-8-23(28)9-4-20/h3-12,19H,2,13-18H2,1H3. The van der Waals surface area contributed by atoms with E-state index in [1.54, 1.807) is 0 Å². The van der Waals surface area contributed by atoms with E-state index in [0.29, 0.717) is 0 Å². The van der Waals surface area contributed by atoms with Crippen LogP contribution in [0.1, 0.15) is 12.1 Å². The zero-order valence-electron chi connectivity index (χ0n) is 18.8. The van der Waals surface area contributed by atoms with Gasteiger partial charge in [0.25, 0.3) is 0 Å². The lowest BCUT2D eigenvalue weighted by atomic mass is 10.1. The summed E-state index contributed by atoms with van der Waals surface area (Å²) in [5.74, 6) is 0. The summed E-state index contributed by atoms with van der Waals surface area (Å²) in [5, 5.41) is 1.49. The number of likely N-dealkylation sites (N-methyl/N-ethyl adjacent to an activating group) is 1. The summed E-state index contributed by atoms with van der Waals surface area (Å²) in [6.45, 7) is 5.57. The Kier molecular flexibility index (Phi) is 6.70. The van der Waals surface area contributed by atoms with Gasteiger partial charge < -0.3 is 14.2 Å². The Morgan fingerprint density at radius 2 is 1.42 bits per heavy atom. The van der Waals surface area contributed by atoms with Gasteiger partial charge in [0.2, 0.25) is 0 Å². The zero-order valence-corrected chi connectivity index (χ0v) is 20.4. The molecule has 0 saturated carbocycles. The summed E-state index contributed by atoms with van der Waals surface area (Å²) in [7, 11) is 2.21. The maximum absolute atomic E-state index is 6.16. The molecule has 0 unspecified atom stereocenters. The predicted octanol–water partition coefficient (Wildman–Crippen LogP) is 6.16. The molecule has 2 aromatic heterocycles. The molecule has 1 fully saturated rings. The summed E-state index contributed by atoms with van der Waals surface area (Å²) in [4.78, 5) is 10.0. The third-order valence-corrected chi connectivity index (χ3v) is 6.99. The molecule has 0 atom stereocenters. The summed E-state index contributed by atoms with van der Waals surface area (Å²) in [5.41, 5.74) is 6.62. The summed E-state index contributed by atoms with van der Waals surface area (Å²) < 4.78 is 2.26. The molecule has 2 aromatic carbocycles. The number of pyridine rings is 1. The molecule has 1 aliphatic rings. The molecule has 1 saturated heterocycles. The second kappa shape index (κ2) is 9.86. The number of rotatable bonds is 5. The van der Waals surface area contributed by atoms with Crippen molar-refractivity contribution in [1.82, 2.24) is 19.2 Å². The van der Waals surface area contributed by atoms with Gasteiger partial charge in [-0.1, -0.05) is 47.5 Å². The van der Waals surface area contributed by atoms with E-state index < -0.39 is 0 Å². The quantitative estimate of drug-likeness (QED) is 0.343. The van der Waals surface area contributed by atoms with Crippen molar-refractivity contribution in [2.45, 2.75) is 12.8 Å². The maximum atomic E-state index is 6.16. The summed E-state index contributed by atoms with van der Waals surface area (Å²) in [6, 6.07) is 20.2. The third-order valence-electron chi connectivity index (χ3n) is 6.49. The first-order valence-corrected chi connectivity index (χ1v) is 12.3. The van der Waals surface area contributed by atoms with Gasteiger partial charge in [0.1, 0.15) is 5.65 Å². The number of halogens is 2. The highest BCUT2D eigenvalue weighted by Gasteiger charge is 2.18. The number of hydrogen-bond donors (Lipinski definition) is 0. The molecule has 0 amide bonds. The van der Waals surface area contributed by atoms with Gasteiger partial charge >= 0.3 is 0 Å². The van der Waals surface area contributed by atoms with Crippen LogP contribution in [0.5, 0.6) is 0 Å². The van der Waals surface area contributed by atoms with Crippen LogP contribution in [-0.4, -0.2) is 59.0 Å². The molecule has 33 heavy (non-hydrogen) atoms. The molecule has 0 aliphatic carbocycles. The molecular formula is C27H28Cl2N4. The second-order valence-electron chi connectivity index (χ2n) is 8.82. The number of fused-ring (bicyclic) bond motifs is 1. The van der Waals surface area contributed by atoms with Crippen LogP contribution in [-0.2, 0) is 6.42 Å². The van der Waals surface area contributed by atoms with Gasteiger partial charge in [-0.3, -0.25) is 0 Å². The predicted molar refractivity (Wildman–Crippen MR) is 138 cm³/mol. The number of nitrogens with zero attached hydrogens (tertiary/aromatic N) is 4. The summed E-state index contributed by atoms with van der Waals surface area (Å²) >= 11 is 12.3. The fourth-order valence-electron chi connectivity index (χ4n) is 4.57. The van der Waals surface area contributed by atoms with Crippen molar-refractivity contribution in [1.29, 1.82) is 0 Å². The minimum absolute atomic E-state index is 0.739. The fraction of sp³-hybridized carbons (Fsp3) is 0.296. The van der Waals surface area contributed by atoms with Crippen molar-refractivity contribution in [3.05, 3.63) is 82.6 Å². The lowest BCUT2D eigenvalue weighted by Crippen LogP contribution is -2.30. The van der Waals surface area contributed by atoms with Crippen LogP contribution in [0.4, 0.5) is 0 Å². The average Bonchev–Trinajstić information content (AvgIpc) is 3.05. The van der Waals surface area contributed by atoms with Crippen molar-refractivity contribution in [2.75, 3.05) is 39.8 Å². The Bertz CT molecular complexity index is 1230. The Labute approximate surface area is 205 Å². The maximum Gasteiger partial charge on any atom is 0.137 e. The lowest BCUT2D eigenvalue weighted by Gasteiger charge is -2.20. The fourth-order valence-corrected chi connectivity index (χ4v) is 4.82. The van der Waals surface area contributed by atoms with Gasteiger partial charge in [0.05, 0.1) is 11.4 Å². The van der Waals surface area contributed by atoms with Crippen molar-refractivity contribution in [3.63, 3.8) is 0 Å². The molecule has 170 valence electrons. The van der Waals surface area contributed by atoms with Crippen molar-refractivity contribution in [3.8, 4) is 22.4 Å². The molecule has 0 N–H and O–H groups in total. The largest absolute Gasteiger partial charge is 0.305 e. The highest BCUT2D eigenvalue weighted by molar-refractivity contribution is 6.30. The molecule has 0 bridgehead atoms. The van der Waals surface area contributed by atoms with Crippen molar-refractivity contribution in [2.24, 2.45) is 0 Å². The van der Waals surface area contributed by atoms with Gasteiger partial charge in [0.15, 0.2) is 0 Å². The topological polar surface area (TPSA) is 23.8 Å². The molecule has 1 aliphatic heterocycles. The first-order valence-electron chi connectivity index (χ1n) is 11.5. The minimum atomic E-state index is 0.739. The van der Waals surface area contributed by atoms with E-state index in [9.17, 15) is 0 Å². The van der Waals surface area contributed by atoms with Crippen molar-refractivity contribution >= 4 is 28.8 Å². The molecule has 5 rings (SSSR count). The van der Waals surface area contributed by atoms with Gasteiger partial charge in [-0.25, -0.2) is 4.98 Å². The highest BCUT2D eigenvalue weighted by Crippen LogP contribution is 2.29. The van der Waals surface area contributed by atoms with E-state index >= 15 is 0 Å². The van der Waals surface area contributed by atoms with E-state index in [2.05, 4.69) is 63.8 Å². The van der Waals surface area contributed by atoms with Crippen LogP contribution in [0.3, 0.4) is 0 Å². The number of hydrogen-bond acceptors (Lipinski definition) is 3. The second-order valence-corrected chi connectivity index (χ2v) is 9.69. The van der Waals surface area contributed by atoms with Crippen LogP contribution in [0, 0.1) is 0 Å². The van der Waals surface area contributed by atoms with Crippen LogP contribution in [0.15, 0.2) is 66.9 Å². The molecule has 3 heterocycles. The first-order chi connectivity index (χ1) is 16.1. The molecular weight excluding hydrogens is 451 g/mol. The van der Waals surface area contributed by atoms with Crippen LogP contribution >= 0.6 is 23.2 Å². The van der Waals surface area contributed by atoms with Gasteiger partial charge in [0, 0.05) is 47.9 Å². The molecule has 6 heteroatoms. The monoisotopic (exact) mass is 478 g/mol. The first kappa shape index (κ1) is 22.4. The normalized spacial score (nSPS) is 15.7. The van der Waals surface area contributed by atoms with E-state index in [-0.39, 0.29) is 0 Å². The molecule has 4 nitrogen and oxygen atoms in total. The number of imidazole rings is 1. The lowest BCUT2D eigenvalue weighted by molar-refractivity contribution is 0.278. The number of aromatic nitrogens is 2. The third kappa shape index (κ3) is 5.10. The van der Waals surface area contributed by atoms with Crippen LogP contribution in [0.2, 0.25) is 10.0 Å². The van der Waals surface area contributed by atoms with Crippen LogP contribution in [0.25, 0.3) is 28.0 Å². The van der Waals surface area contributed by atoms with E-state index in [1.165, 1.54) is 18.7 Å². The Balaban J connectivity index is 1.53. The van der Waals surface area contributed by atoms with E-state index in [1.807, 2.05) is 24.3 Å². The smallest absolute Gasteiger partial charge is 0.137 e. The van der Waals surface area contributed by atoms with E-state index in [0.717, 1.165) is 70.7 Å². The van der Waals surface area contributed by atoms with Gasteiger partial charge in [-0.2, -0.15) is 0 Å². The van der Waals surface area contributed by atoms with Gasteiger partial charge in [-0.15, -0.1) is 0 Å². The van der Waals surface area contributed by atoms with E-state index in [4.69, 9.17) is 28.2 Å². The zero-order chi connectivity index (χ0) is 22.8. The summed E-state index contributed by atoms with van der Waals surface area (Å²) in [6.07, 6.45) is 4.36. The molecule has 0 spiro atoms. The average molecular weight is 479 g/mol. The molecule has 0 radical (unpaired) electrons. The van der Waals surface area contributed by atoms with Crippen molar-refractivity contribution < 1.29 is 0 Å². The molecule has 4 aromatic rings. The SMILES string of the molecule is CN1CCCN(CCc2c(-c3ccc(Cl)cc3)nc3ccc(-c4ccc(Cl)cc4)cn23)CC1. The van der Waals surface area contributed by atoms with Gasteiger partial charge in [-0.05, 0) is 74.1 Å². The Morgan fingerprint density at radius 1 is 0.758 bits per heavy atom. The highest BCUT2D eigenvalue weighted by atomic mass is 35.5. The minimum Gasteiger partial charge on any atom is -0.305 e. The Hall–Kier alpha value is -2.37.